The quantitative estimate of drug-likeness (QED) is 0.254. The number of benzene rings is 4. The number of fused-ring (bicyclic) bond motifs is 1. The maximum atomic E-state index is 13.8. The van der Waals surface area contributed by atoms with Crippen LogP contribution in [-0.2, 0) is 0 Å². The van der Waals surface area contributed by atoms with Crippen molar-refractivity contribution in [2.75, 3.05) is 11.9 Å². The lowest BCUT2D eigenvalue weighted by Crippen LogP contribution is -2.44. The summed E-state index contributed by atoms with van der Waals surface area (Å²) in [5.41, 5.74) is 4.75. The molecule has 1 aliphatic rings. The highest BCUT2D eigenvalue weighted by Gasteiger charge is 2.31. The summed E-state index contributed by atoms with van der Waals surface area (Å²) < 4.78 is 19.6. The standard InChI is InChI=1S/C33H27FN2O3/c1-35-32(37)30-28-20-23(15-18-29(28)39-31(30)21-13-16-25(34)17-14-21)22-7-5-8-24(19-22)33(38)36(27-11-6-12-27)26-9-3-2-4-10-26/h2-5,7-10,13-20,27H,6,11-12H2,1H3,(H,35,37). The molecule has 1 aliphatic carbocycles. The van der Waals surface area contributed by atoms with Crippen LogP contribution < -0.4 is 10.2 Å². The van der Waals surface area contributed by atoms with E-state index < -0.39 is 0 Å². The van der Waals surface area contributed by atoms with Crippen molar-refractivity contribution in [3.8, 4) is 22.5 Å². The van der Waals surface area contributed by atoms with Crippen molar-refractivity contribution >= 4 is 28.5 Å². The van der Waals surface area contributed by atoms with E-state index in [1.165, 1.54) is 12.1 Å². The van der Waals surface area contributed by atoms with Crippen molar-refractivity contribution in [3.05, 3.63) is 114 Å². The SMILES string of the molecule is CNC(=O)c1c(-c2ccc(F)cc2)oc2ccc(-c3cccc(C(=O)N(c4ccccc4)C4CCC4)c3)cc12. The highest BCUT2D eigenvalue weighted by Crippen LogP contribution is 2.37. The molecule has 0 atom stereocenters. The number of nitrogens with one attached hydrogen (secondary N) is 1. The third-order valence-corrected chi connectivity index (χ3v) is 7.38. The second-order valence-corrected chi connectivity index (χ2v) is 9.78. The zero-order valence-electron chi connectivity index (χ0n) is 21.5. The van der Waals surface area contributed by atoms with Gasteiger partial charge in [-0.25, -0.2) is 4.39 Å². The van der Waals surface area contributed by atoms with E-state index in [2.05, 4.69) is 5.32 Å². The van der Waals surface area contributed by atoms with Crippen LogP contribution in [0.2, 0.25) is 0 Å². The molecule has 1 N–H and O–H groups in total. The van der Waals surface area contributed by atoms with Crippen LogP contribution >= 0.6 is 0 Å². The Labute approximate surface area is 225 Å². The van der Waals surface area contributed by atoms with E-state index in [-0.39, 0.29) is 23.7 Å². The van der Waals surface area contributed by atoms with Gasteiger partial charge >= 0.3 is 0 Å². The molecular formula is C33H27FN2O3. The van der Waals surface area contributed by atoms with Crippen LogP contribution in [0.3, 0.4) is 0 Å². The van der Waals surface area contributed by atoms with E-state index in [9.17, 15) is 14.0 Å². The Kier molecular flexibility index (Phi) is 6.45. The van der Waals surface area contributed by atoms with Gasteiger partial charge in [0.2, 0.25) is 0 Å². The molecule has 6 rings (SSSR count). The van der Waals surface area contributed by atoms with E-state index in [0.29, 0.717) is 33.4 Å². The van der Waals surface area contributed by atoms with Crippen molar-refractivity contribution in [1.82, 2.24) is 5.32 Å². The molecule has 0 radical (unpaired) electrons. The number of carbonyl (C=O) groups excluding carboxylic acids is 2. The number of furan rings is 1. The second-order valence-electron chi connectivity index (χ2n) is 9.78. The predicted octanol–water partition coefficient (Wildman–Crippen LogP) is 7.46. The average Bonchev–Trinajstić information content (AvgIpc) is 3.34. The van der Waals surface area contributed by atoms with Gasteiger partial charge in [0.25, 0.3) is 11.8 Å². The molecule has 39 heavy (non-hydrogen) atoms. The van der Waals surface area contributed by atoms with E-state index in [4.69, 9.17) is 4.42 Å². The summed E-state index contributed by atoms with van der Waals surface area (Å²) >= 11 is 0. The predicted molar refractivity (Wildman–Crippen MR) is 151 cm³/mol. The zero-order valence-corrected chi connectivity index (χ0v) is 21.5. The maximum absolute atomic E-state index is 13.8. The van der Waals surface area contributed by atoms with Gasteiger partial charge in [-0.15, -0.1) is 0 Å². The van der Waals surface area contributed by atoms with Gasteiger partial charge in [0.1, 0.15) is 17.2 Å². The number of nitrogens with zero attached hydrogens (tertiary/aromatic N) is 1. The fraction of sp³-hybridized carbons (Fsp3) is 0.152. The normalized spacial score (nSPS) is 13.2. The number of halogens is 1. The van der Waals surface area contributed by atoms with Crippen LogP contribution in [0.25, 0.3) is 33.4 Å². The smallest absolute Gasteiger partial charge is 0.258 e. The van der Waals surface area contributed by atoms with Gasteiger partial charge in [0.05, 0.1) is 5.56 Å². The Hall–Kier alpha value is -4.71. The number of hydrogen-bond acceptors (Lipinski definition) is 3. The van der Waals surface area contributed by atoms with E-state index >= 15 is 0 Å². The maximum Gasteiger partial charge on any atom is 0.258 e. The first-order valence-corrected chi connectivity index (χ1v) is 13.1. The molecule has 1 heterocycles. The van der Waals surface area contributed by atoms with Crippen molar-refractivity contribution in [2.24, 2.45) is 0 Å². The van der Waals surface area contributed by atoms with Crippen LogP contribution in [0.15, 0.2) is 101 Å². The molecule has 0 unspecified atom stereocenters. The lowest BCUT2D eigenvalue weighted by Gasteiger charge is -2.37. The Morgan fingerprint density at radius 3 is 2.26 bits per heavy atom. The minimum atomic E-state index is -0.365. The van der Waals surface area contributed by atoms with E-state index in [0.717, 1.165) is 36.1 Å². The Bertz CT molecular complexity index is 1670. The van der Waals surface area contributed by atoms with Gasteiger partial charge in [-0.05, 0) is 91.1 Å². The van der Waals surface area contributed by atoms with Crippen molar-refractivity contribution in [3.63, 3.8) is 0 Å². The number of rotatable bonds is 6. The third kappa shape index (κ3) is 4.59. The summed E-state index contributed by atoms with van der Waals surface area (Å²) in [5, 5.41) is 3.33. The molecule has 0 aliphatic heterocycles. The van der Waals surface area contributed by atoms with Gasteiger partial charge in [-0.3, -0.25) is 9.59 Å². The summed E-state index contributed by atoms with van der Waals surface area (Å²) in [7, 11) is 1.56. The zero-order chi connectivity index (χ0) is 26.9. The molecule has 5 aromatic rings. The molecule has 6 heteroatoms. The fourth-order valence-electron chi connectivity index (χ4n) is 5.13. The molecule has 2 amide bonds. The number of hydrogen-bond donors (Lipinski definition) is 1. The number of para-hydroxylation sites is 1. The molecule has 0 spiro atoms. The van der Waals surface area contributed by atoms with Gasteiger partial charge in [0.15, 0.2) is 0 Å². The first-order valence-electron chi connectivity index (χ1n) is 13.1. The monoisotopic (exact) mass is 518 g/mol. The number of amides is 2. The Morgan fingerprint density at radius 1 is 0.846 bits per heavy atom. The van der Waals surface area contributed by atoms with Gasteiger partial charge in [0, 0.05) is 35.3 Å². The number of anilines is 1. The third-order valence-electron chi connectivity index (χ3n) is 7.38. The number of carbonyl (C=O) groups is 2. The summed E-state index contributed by atoms with van der Waals surface area (Å²) in [4.78, 5) is 28.6. The van der Waals surface area contributed by atoms with Gasteiger partial charge in [-0.1, -0.05) is 36.4 Å². The summed E-state index contributed by atoms with van der Waals surface area (Å²) in [6, 6.07) is 29.1. The molecule has 1 aromatic heterocycles. The van der Waals surface area contributed by atoms with Gasteiger partial charge in [-0.2, -0.15) is 0 Å². The highest BCUT2D eigenvalue weighted by atomic mass is 19.1. The average molecular weight is 519 g/mol. The Morgan fingerprint density at radius 2 is 1.56 bits per heavy atom. The molecule has 1 fully saturated rings. The summed E-state index contributed by atoms with van der Waals surface area (Å²) in [6.07, 6.45) is 3.12. The molecule has 0 bridgehead atoms. The van der Waals surface area contributed by atoms with Crippen molar-refractivity contribution < 1.29 is 18.4 Å². The topological polar surface area (TPSA) is 62.6 Å². The molecular weight excluding hydrogens is 491 g/mol. The first-order chi connectivity index (χ1) is 19.0. The van der Waals surface area contributed by atoms with E-state index in [1.54, 1.807) is 19.2 Å². The van der Waals surface area contributed by atoms with Crippen LogP contribution in [0.4, 0.5) is 10.1 Å². The Balaban J connectivity index is 1.41. The molecule has 5 nitrogen and oxygen atoms in total. The van der Waals surface area contributed by atoms with Crippen LogP contribution in [0, 0.1) is 5.82 Å². The largest absolute Gasteiger partial charge is 0.455 e. The van der Waals surface area contributed by atoms with Crippen molar-refractivity contribution in [2.45, 2.75) is 25.3 Å². The van der Waals surface area contributed by atoms with E-state index in [1.807, 2.05) is 77.7 Å². The first kappa shape index (κ1) is 24.6. The summed E-state index contributed by atoms with van der Waals surface area (Å²) in [5.74, 6) is -0.310. The fourth-order valence-corrected chi connectivity index (χ4v) is 5.13. The lowest BCUT2D eigenvalue weighted by atomic mass is 9.90. The van der Waals surface area contributed by atoms with Crippen LogP contribution in [0.1, 0.15) is 40.0 Å². The lowest BCUT2D eigenvalue weighted by molar-refractivity contribution is 0.0956. The highest BCUT2D eigenvalue weighted by molar-refractivity contribution is 6.12. The molecule has 194 valence electrons. The minimum absolute atomic E-state index is 0.0261. The minimum Gasteiger partial charge on any atom is -0.455 e. The van der Waals surface area contributed by atoms with Crippen molar-refractivity contribution in [1.29, 1.82) is 0 Å². The van der Waals surface area contributed by atoms with Crippen LogP contribution in [-0.4, -0.2) is 24.9 Å². The second kappa shape index (κ2) is 10.2. The van der Waals surface area contributed by atoms with Gasteiger partial charge < -0.3 is 14.6 Å². The summed E-state index contributed by atoms with van der Waals surface area (Å²) in [6.45, 7) is 0. The molecule has 1 saturated carbocycles. The molecule has 4 aromatic carbocycles. The molecule has 0 saturated heterocycles. The van der Waals surface area contributed by atoms with Crippen LogP contribution in [0.5, 0.6) is 0 Å².